The van der Waals surface area contributed by atoms with Crippen molar-refractivity contribution in [3.05, 3.63) is 0 Å². The molecule has 0 unspecified atom stereocenters. The van der Waals surface area contributed by atoms with E-state index < -0.39 is 0 Å². The van der Waals surface area contributed by atoms with Crippen LogP contribution in [0.15, 0.2) is 5.16 Å². The van der Waals surface area contributed by atoms with E-state index in [1.54, 1.807) is 6.21 Å². The first kappa shape index (κ1) is 4.59. The van der Waals surface area contributed by atoms with Crippen LogP contribution in [0.4, 0.5) is 0 Å². The number of oxime groups is 1. The fourth-order valence-corrected chi connectivity index (χ4v) is 0.410. The summed E-state index contributed by atoms with van der Waals surface area (Å²) < 4.78 is 0. The Labute approximate surface area is 42.6 Å². The molecule has 1 aliphatic heterocycles. The van der Waals surface area contributed by atoms with E-state index in [0.717, 1.165) is 6.54 Å². The van der Waals surface area contributed by atoms with Crippen LogP contribution in [0.1, 0.15) is 0 Å². The van der Waals surface area contributed by atoms with Crippen molar-refractivity contribution in [2.45, 2.75) is 0 Å². The van der Waals surface area contributed by atoms with Gasteiger partial charge in [-0.25, -0.2) is 0 Å². The third kappa shape index (κ3) is 1.16. The predicted octanol–water partition coefficient (Wildman–Crippen LogP) is -0.108. The minimum absolute atomic E-state index is 0.622. The SMILES string of the molecule is CN1CC=NOC1. The Kier molecular flexibility index (Phi) is 1.26. The Hall–Kier alpha value is -0.570. The summed E-state index contributed by atoms with van der Waals surface area (Å²) in [5.74, 6) is 0. The first-order valence-electron chi connectivity index (χ1n) is 2.22. The topological polar surface area (TPSA) is 24.8 Å². The highest BCUT2D eigenvalue weighted by Crippen LogP contribution is 1.87. The van der Waals surface area contributed by atoms with Gasteiger partial charge in [0, 0.05) is 6.54 Å². The number of hydrogen-bond donors (Lipinski definition) is 0. The lowest BCUT2D eigenvalue weighted by Crippen LogP contribution is -2.25. The molecule has 0 aromatic heterocycles. The van der Waals surface area contributed by atoms with Crippen LogP contribution >= 0.6 is 0 Å². The fourth-order valence-electron chi connectivity index (χ4n) is 0.410. The number of nitrogens with zero attached hydrogens (tertiary/aromatic N) is 2. The molecule has 40 valence electrons. The van der Waals surface area contributed by atoms with Crippen molar-refractivity contribution in [1.82, 2.24) is 4.90 Å². The van der Waals surface area contributed by atoms with Crippen molar-refractivity contribution < 1.29 is 4.84 Å². The van der Waals surface area contributed by atoms with Crippen LogP contribution in [0.2, 0.25) is 0 Å². The second kappa shape index (κ2) is 1.93. The van der Waals surface area contributed by atoms with Gasteiger partial charge < -0.3 is 4.84 Å². The zero-order chi connectivity index (χ0) is 5.11. The average Bonchev–Trinajstić information content (AvgIpc) is 1.69. The highest BCUT2D eigenvalue weighted by molar-refractivity contribution is 5.59. The second-order valence-corrected chi connectivity index (χ2v) is 1.58. The molecule has 0 aromatic rings. The summed E-state index contributed by atoms with van der Waals surface area (Å²) in [6.07, 6.45) is 1.74. The van der Waals surface area contributed by atoms with Crippen LogP contribution in [-0.2, 0) is 4.84 Å². The molecular weight excluding hydrogens is 92.1 g/mol. The van der Waals surface area contributed by atoms with E-state index in [2.05, 4.69) is 9.99 Å². The molecule has 1 aliphatic rings. The summed E-state index contributed by atoms with van der Waals surface area (Å²) in [7, 11) is 1.98. The van der Waals surface area contributed by atoms with Crippen LogP contribution in [0, 0.1) is 0 Å². The van der Waals surface area contributed by atoms with Crippen LogP contribution in [0.25, 0.3) is 0 Å². The zero-order valence-corrected chi connectivity index (χ0v) is 4.29. The Balaban J connectivity index is 2.32. The molecule has 1 rings (SSSR count). The van der Waals surface area contributed by atoms with E-state index in [1.807, 2.05) is 11.9 Å². The Morgan fingerprint density at radius 3 is 3.00 bits per heavy atom. The first-order valence-corrected chi connectivity index (χ1v) is 2.22. The molecule has 0 fully saturated rings. The monoisotopic (exact) mass is 100 g/mol. The van der Waals surface area contributed by atoms with Gasteiger partial charge in [-0.05, 0) is 7.05 Å². The highest BCUT2D eigenvalue weighted by Gasteiger charge is 1.97. The molecule has 0 aromatic carbocycles. The summed E-state index contributed by atoms with van der Waals surface area (Å²) in [4.78, 5) is 6.70. The predicted molar refractivity (Wildman–Crippen MR) is 27.1 cm³/mol. The van der Waals surface area contributed by atoms with E-state index in [-0.39, 0.29) is 0 Å². The van der Waals surface area contributed by atoms with Crippen molar-refractivity contribution in [2.24, 2.45) is 5.16 Å². The van der Waals surface area contributed by atoms with Gasteiger partial charge in [-0.1, -0.05) is 5.16 Å². The molecule has 0 aliphatic carbocycles. The fraction of sp³-hybridized carbons (Fsp3) is 0.750. The van der Waals surface area contributed by atoms with Crippen molar-refractivity contribution in [2.75, 3.05) is 20.3 Å². The molecule has 3 nitrogen and oxygen atoms in total. The van der Waals surface area contributed by atoms with Gasteiger partial charge in [-0.2, -0.15) is 0 Å². The first-order chi connectivity index (χ1) is 3.39. The van der Waals surface area contributed by atoms with Crippen molar-refractivity contribution in [3.8, 4) is 0 Å². The molecule has 0 amide bonds. The molecule has 3 heteroatoms. The second-order valence-electron chi connectivity index (χ2n) is 1.58. The van der Waals surface area contributed by atoms with Crippen molar-refractivity contribution in [1.29, 1.82) is 0 Å². The molecule has 7 heavy (non-hydrogen) atoms. The molecule has 0 radical (unpaired) electrons. The summed E-state index contributed by atoms with van der Waals surface area (Å²) >= 11 is 0. The number of rotatable bonds is 0. The molecule has 1 heterocycles. The highest BCUT2D eigenvalue weighted by atomic mass is 16.6. The smallest absolute Gasteiger partial charge is 0.170 e. The maximum Gasteiger partial charge on any atom is 0.170 e. The lowest BCUT2D eigenvalue weighted by Gasteiger charge is -2.14. The largest absolute Gasteiger partial charge is 0.380 e. The lowest BCUT2D eigenvalue weighted by atomic mass is 10.6. The normalized spacial score (nSPS) is 21.9. The maximum absolute atomic E-state index is 4.68. The molecular formula is C4H8N2O. The summed E-state index contributed by atoms with van der Waals surface area (Å²) in [5, 5.41) is 3.56. The minimum Gasteiger partial charge on any atom is -0.380 e. The maximum atomic E-state index is 4.68. The lowest BCUT2D eigenvalue weighted by molar-refractivity contribution is 0.0427. The van der Waals surface area contributed by atoms with Gasteiger partial charge in [0.2, 0.25) is 0 Å². The van der Waals surface area contributed by atoms with Gasteiger partial charge in [0.25, 0.3) is 0 Å². The Bertz CT molecular complexity index is 81.8. The van der Waals surface area contributed by atoms with Crippen molar-refractivity contribution >= 4 is 6.21 Å². The van der Waals surface area contributed by atoms with Crippen molar-refractivity contribution in [3.63, 3.8) is 0 Å². The van der Waals surface area contributed by atoms with Crippen LogP contribution < -0.4 is 0 Å². The van der Waals surface area contributed by atoms with E-state index >= 15 is 0 Å². The standard InChI is InChI=1S/C4H8N2O/c1-6-3-2-5-7-4-6/h2H,3-4H2,1H3. The molecule has 0 saturated carbocycles. The van der Waals surface area contributed by atoms with Gasteiger partial charge in [0.15, 0.2) is 6.73 Å². The molecule has 0 bridgehead atoms. The molecule has 0 spiro atoms. The van der Waals surface area contributed by atoms with Gasteiger partial charge in [0.05, 0.1) is 6.21 Å². The van der Waals surface area contributed by atoms with Crippen LogP contribution in [-0.4, -0.2) is 31.4 Å². The van der Waals surface area contributed by atoms with E-state index in [4.69, 9.17) is 0 Å². The Morgan fingerprint density at radius 1 is 1.86 bits per heavy atom. The zero-order valence-electron chi connectivity index (χ0n) is 4.29. The minimum atomic E-state index is 0.622. The van der Waals surface area contributed by atoms with E-state index in [1.165, 1.54) is 0 Å². The third-order valence-corrected chi connectivity index (χ3v) is 0.821. The molecule has 0 atom stereocenters. The Morgan fingerprint density at radius 2 is 2.71 bits per heavy atom. The van der Waals surface area contributed by atoms with Gasteiger partial charge in [0.1, 0.15) is 0 Å². The van der Waals surface area contributed by atoms with Crippen LogP contribution in [0.5, 0.6) is 0 Å². The summed E-state index contributed by atoms with van der Waals surface area (Å²) in [6.45, 7) is 1.52. The third-order valence-electron chi connectivity index (χ3n) is 0.821. The van der Waals surface area contributed by atoms with Gasteiger partial charge in [-0.3, -0.25) is 4.90 Å². The quantitative estimate of drug-likeness (QED) is 0.424. The van der Waals surface area contributed by atoms with E-state index in [0.29, 0.717) is 6.73 Å². The van der Waals surface area contributed by atoms with Gasteiger partial charge >= 0.3 is 0 Å². The van der Waals surface area contributed by atoms with Gasteiger partial charge in [-0.15, -0.1) is 0 Å². The molecule has 0 N–H and O–H groups in total. The van der Waals surface area contributed by atoms with Crippen LogP contribution in [0.3, 0.4) is 0 Å². The summed E-state index contributed by atoms with van der Waals surface area (Å²) in [5.41, 5.74) is 0. The summed E-state index contributed by atoms with van der Waals surface area (Å²) in [6, 6.07) is 0. The molecule has 0 saturated heterocycles. The number of hydrogen-bond acceptors (Lipinski definition) is 3. The van der Waals surface area contributed by atoms with E-state index in [9.17, 15) is 0 Å². The average molecular weight is 100 g/mol.